The molecule has 0 radical (unpaired) electrons. The molecule has 0 aliphatic carbocycles. The maximum atomic E-state index is 6.10. The lowest BCUT2D eigenvalue weighted by Gasteiger charge is -2.29. The van der Waals surface area contributed by atoms with E-state index in [2.05, 4.69) is 52.3 Å². The molecule has 0 fully saturated rings. The Kier molecular flexibility index (Phi) is 4.45. The first kappa shape index (κ1) is 13.0. The molecule has 0 rings (SSSR count). The van der Waals surface area contributed by atoms with Gasteiger partial charge in [-0.3, -0.25) is 0 Å². The molecule has 0 aromatic rings. The number of allylic oxidation sites excluding steroid dienone is 1. The molecule has 0 unspecified atom stereocenters. The van der Waals surface area contributed by atoms with Crippen LogP contribution in [0.25, 0.3) is 0 Å². The summed E-state index contributed by atoms with van der Waals surface area (Å²) in [6.45, 7) is 15.9. The van der Waals surface area contributed by atoms with Crippen LogP contribution in [-0.4, -0.2) is 16.4 Å². The summed E-state index contributed by atoms with van der Waals surface area (Å²) in [4.78, 5) is 0. The molecule has 0 saturated carbocycles. The third-order valence-electron chi connectivity index (χ3n) is 1.54. The van der Waals surface area contributed by atoms with Crippen molar-refractivity contribution in [1.82, 2.24) is 0 Å². The molecule has 0 bridgehead atoms. The molecule has 0 amide bonds. The molecular formula is C10H24OSi2. The highest BCUT2D eigenvalue weighted by Gasteiger charge is 2.26. The van der Waals surface area contributed by atoms with E-state index in [9.17, 15) is 0 Å². The predicted octanol–water partition coefficient (Wildman–Crippen LogP) is 4.01. The van der Waals surface area contributed by atoms with Crippen molar-refractivity contribution in [3.05, 3.63) is 11.5 Å². The van der Waals surface area contributed by atoms with Crippen LogP contribution in [0.5, 0.6) is 0 Å². The molecule has 0 aromatic carbocycles. The van der Waals surface area contributed by atoms with Gasteiger partial charge in [0.1, 0.15) is 8.07 Å². The largest absolute Gasteiger partial charge is 0.552 e. The summed E-state index contributed by atoms with van der Waals surface area (Å²) >= 11 is 0. The lowest BCUT2D eigenvalue weighted by molar-refractivity contribution is 0.450. The van der Waals surface area contributed by atoms with Crippen LogP contribution in [-0.2, 0) is 4.43 Å². The molecular weight excluding hydrogens is 192 g/mol. The lowest BCUT2D eigenvalue weighted by Crippen LogP contribution is -2.34. The van der Waals surface area contributed by atoms with Crippen LogP contribution < -0.4 is 0 Å². The predicted molar refractivity (Wildman–Crippen MR) is 66.2 cm³/mol. The van der Waals surface area contributed by atoms with Crippen molar-refractivity contribution in [2.75, 3.05) is 0 Å². The first-order valence-corrected chi connectivity index (χ1v) is 12.0. The molecule has 0 heterocycles. The molecule has 0 aromatic heterocycles. The molecule has 78 valence electrons. The monoisotopic (exact) mass is 216 g/mol. The van der Waals surface area contributed by atoms with Gasteiger partial charge in [0.05, 0.1) is 5.38 Å². The first-order chi connectivity index (χ1) is 5.67. The fourth-order valence-corrected chi connectivity index (χ4v) is 4.72. The van der Waals surface area contributed by atoms with Gasteiger partial charge >= 0.3 is 0 Å². The Morgan fingerprint density at radius 3 is 1.77 bits per heavy atom. The Bertz CT molecular complexity index is 184. The van der Waals surface area contributed by atoms with Crippen molar-refractivity contribution in [3.8, 4) is 0 Å². The Labute approximate surface area is 85.3 Å². The fraction of sp³-hybridized carbons (Fsp3) is 0.800. The van der Waals surface area contributed by atoms with Gasteiger partial charge in [0.15, 0.2) is 0 Å². The molecule has 0 aliphatic rings. The van der Waals surface area contributed by atoms with E-state index in [1.54, 1.807) is 0 Å². The van der Waals surface area contributed by atoms with Gasteiger partial charge in [-0.05, 0) is 26.1 Å². The topological polar surface area (TPSA) is 9.23 Å². The van der Waals surface area contributed by atoms with E-state index in [1.165, 1.54) is 5.38 Å². The van der Waals surface area contributed by atoms with Crippen LogP contribution in [0.4, 0.5) is 0 Å². The standard InChI is InChI=1S/C10H24OSi2/c1-8-9-10(12(2,3)4)11-13(5,6)7/h9H,8H2,1-7H3/b10-9-. The van der Waals surface area contributed by atoms with Gasteiger partial charge in [0.2, 0.25) is 8.32 Å². The van der Waals surface area contributed by atoms with Gasteiger partial charge in [0, 0.05) is 0 Å². The molecule has 1 nitrogen and oxygen atoms in total. The molecule has 0 atom stereocenters. The van der Waals surface area contributed by atoms with Gasteiger partial charge in [-0.25, -0.2) is 0 Å². The molecule has 0 aliphatic heterocycles. The summed E-state index contributed by atoms with van der Waals surface area (Å²) in [5.41, 5.74) is 0. The van der Waals surface area contributed by atoms with Crippen LogP contribution in [0.2, 0.25) is 39.3 Å². The number of hydrogen-bond donors (Lipinski definition) is 0. The maximum Gasteiger partial charge on any atom is 0.241 e. The van der Waals surface area contributed by atoms with E-state index in [0.717, 1.165) is 6.42 Å². The summed E-state index contributed by atoms with van der Waals surface area (Å²) < 4.78 is 6.10. The summed E-state index contributed by atoms with van der Waals surface area (Å²) in [5, 5.41) is 1.30. The second-order valence-corrected chi connectivity index (χ2v) is 14.9. The van der Waals surface area contributed by atoms with Crippen molar-refractivity contribution in [2.24, 2.45) is 0 Å². The zero-order valence-electron chi connectivity index (χ0n) is 10.2. The fourth-order valence-electron chi connectivity index (χ4n) is 1.02. The van der Waals surface area contributed by atoms with Gasteiger partial charge in [0.25, 0.3) is 0 Å². The summed E-state index contributed by atoms with van der Waals surface area (Å²) in [5.74, 6) is 0. The van der Waals surface area contributed by atoms with Crippen LogP contribution in [0.1, 0.15) is 13.3 Å². The maximum absolute atomic E-state index is 6.10. The van der Waals surface area contributed by atoms with Crippen molar-refractivity contribution in [1.29, 1.82) is 0 Å². The zero-order valence-corrected chi connectivity index (χ0v) is 12.2. The normalized spacial score (nSPS) is 14.5. The van der Waals surface area contributed by atoms with Crippen LogP contribution >= 0.6 is 0 Å². The number of hydrogen-bond acceptors (Lipinski definition) is 1. The van der Waals surface area contributed by atoms with E-state index in [4.69, 9.17) is 4.43 Å². The quantitative estimate of drug-likeness (QED) is 0.510. The smallest absolute Gasteiger partial charge is 0.241 e. The molecule has 0 N–H and O–H groups in total. The minimum Gasteiger partial charge on any atom is -0.552 e. The van der Waals surface area contributed by atoms with Crippen molar-refractivity contribution in [3.63, 3.8) is 0 Å². The zero-order chi connectivity index (χ0) is 10.7. The minimum absolute atomic E-state index is 1.09. The van der Waals surface area contributed by atoms with Crippen LogP contribution in [0.15, 0.2) is 11.5 Å². The molecule has 3 heteroatoms. The summed E-state index contributed by atoms with van der Waals surface area (Å²) in [7, 11) is -2.64. The van der Waals surface area contributed by atoms with E-state index in [-0.39, 0.29) is 0 Å². The van der Waals surface area contributed by atoms with Crippen LogP contribution in [0, 0.1) is 0 Å². The Hall–Kier alpha value is -0.0262. The molecule has 0 saturated heterocycles. The minimum atomic E-state index is -1.40. The van der Waals surface area contributed by atoms with E-state index < -0.39 is 16.4 Å². The van der Waals surface area contributed by atoms with Gasteiger partial charge in [-0.15, -0.1) is 0 Å². The SMILES string of the molecule is CC/C=C(/O[Si](C)(C)C)[Si](C)(C)C. The van der Waals surface area contributed by atoms with Gasteiger partial charge in [-0.2, -0.15) is 0 Å². The Balaban J connectivity index is 4.57. The molecule has 0 spiro atoms. The van der Waals surface area contributed by atoms with Crippen molar-refractivity contribution < 1.29 is 4.43 Å². The highest BCUT2D eigenvalue weighted by Crippen LogP contribution is 2.21. The summed E-state index contributed by atoms with van der Waals surface area (Å²) in [6.07, 6.45) is 3.36. The Morgan fingerprint density at radius 1 is 1.08 bits per heavy atom. The van der Waals surface area contributed by atoms with Crippen molar-refractivity contribution >= 4 is 16.4 Å². The Morgan fingerprint density at radius 2 is 1.54 bits per heavy atom. The highest BCUT2D eigenvalue weighted by atomic mass is 28.4. The van der Waals surface area contributed by atoms with E-state index in [1.807, 2.05) is 0 Å². The van der Waals surface area contributed by atoms with Gasteiger partial charge in [-0.1, -0.05) is 32.6 Å². The van der Waals surface area contributed by atoms with Crippen molar-refractivity contribution in [2.45, 2.75) is 52.6 Å². The average Bonchev–Trinajstić information content (AvgIpc) is 1.81. The second kappa shape index (κ2) is 4.46. The van der Waals surface area contributed by atoms with Gasteiger partial charge < -0.3 is 4.43 Å². The highest BCUT2D eigenvalue weighted by molar-refractivity contribution is 6.84. The van der Waals surface area contributed by atoms with E-state index >= 15 is 0 Å². The molecule has 13 heavy (non-hydrogen) atoms. The van der Waals surface area contributed by atoms with E-state index in [0.29, 0.717) is 0 Å². The second-order valence-electron chi connectivity index (χ2n) is 5.44. The third-order valence-corrected chi connectivity index (χ3v) is 4.37. The lowest BCUT2D eigenvalue weighted by atomic mass is 10.5. The number of rotatable bonds is 4. The summed E-state index contributed by atoms with van der Waals surface area (Å²) in [6, 6.07) is 0. The average molecular weight is 216 g/mol. The first-order valence-electron chi connectivity index (χ1n) is 5.06. The third kappa shape index (κ3) is 6.10. The van der Waals surface area contributed by atoms with Crippen LogP contribution in [0.3, 0.4) is 0 Å².